The minimum absolute atomic E-state index is 0.109. The van der Waals surface area contributed by atoms with Gasteiger partial charge in [-0.2, -0.15) is 0 Å². The average Bonchev–Trinajstić information content (AvgIpc) is 2.16. The van der Waals surface area contributed by atoms with E-state index in [0.717, 1.165) is 0 Å². The third-order valence-corrected chi connectivity index (χ3v) is 2.65. The molecule has 6 heteroatoms. The average molecular weight is 273 g/mol. The number of halogens is 1. The van der Waals surface area contributed by atoms with Gasteiger partial charge in [0.2, 0.25) is 0 Å². The summed E-state index contributed by atoms with van der Waals surface area (Å²) in [6, 6.07) is 4.37. The molecule has 5 nitrogen and oxygen atoms in total. The lowest BCUT2D eigenvalue weighted by atomic mass is 10.2. The second-order valence-electron chi connectivity index (χ2n) is 3.10. The molecule has 80 valence electrons. The first kappa shape index (κ1) is 11.6. The SMILES string of the molecule is CN(C)C(=O)c1cccc([N+](=O)[O-])c1Br. The quantitative estimate of drug-likeness (QED) is 0.612. The van der Waals surface area contributed by atoms with Crippen LogP contribution < -0.4 is 0 Å². The monoisotopic (exact) mass is 272 g/mol. The fourth-order valence-electron chi connectivity index (χ4n) is 1.07. The van der Waals surface area contributed by atoms with E-state index in [9.17, 15) is 14.9 Å². The molecule has 1 amide bonds. The van der Waals surface area contributed by atoms with Crippen LogP contribution in [0.25, 0.3) is 0 Å². The van der Waals surface area contributed by atoms with E-state index in [-0.39, 0.29) is 21.6 Å². The fraction of sp³-hybridized carbons (Fsp3) is 0.222. The van der Waals surface area contributed by atoms with Gasteiger partial charge in [0, 0.05) is 20.2 Å². The van der Waals surface area contributed by atoms with Crippen molar-refractivity contribution in [2.45, 2.75) is 0 Å². The molecule has 0 radical (unpaired) electrons. The molecule has 0 bridgehead atoms. The highest BCUT2D eigenvalue weighted by molar-refractivity contribution is 9.10. The normalized spacial score (nSPS) is 9.80. The minimum Gasteiger partial charge on any atom is -0.345 e. The Hall–Kier alpha value is -1.43. The van der Waals surface area contributed by atoms with Crippen LogP contribution >= 0.6 is 15.9 Å². The van der Waals surface area contributed by atoms with Gasteiger partial charge in [-0.1, -0.05) is 6.07 Å². The van der Waals surface area contributed by atoms with Gasteiger partial charge in [-0.05, 0) is 22.0 Å². The number of carbonyl (C=O) groups excluding carboxylic acids is 1. The van der Waals surface area contributed by atoms with Crippen molar-refractivity contribution in [2.75, 3.05) is 14.1 Å². The number of hydrogen-bond donors (Lipinski definition) is 0. The number of hydrogen-bond acceptors (Lipinski definition) is 3. The van der Waals surface area contributed by atoms with Crippen LogP contribution in [0, 0.1) is 10.1 Å². The zero-order valence-corrected chi connectivity index (χ0v) is 9.82. The summed E-state index contributed by atoms with van der Waals surface area (Å²) in [4.78, 5) is 23.1. The molecular formula is C9H9BrN2O3. The number of rotatable bonds is 2. The second-order valence-corrected chi connectivity index (χ2v) is 3.89. The maximum absolute atomic E-state index is 11.6. The van der Waals surface area contributed by atoms with Gasteiger partial charge in [-0.25, -0.2) is 0 Å². The van der Waals surface area contributed by atoms with E-state index in [1.165, 1.54) is 17.0 Å². The zero-order valence-electron chi connectivity index (χ0n) is 8.23. The first-order valence-corrected chi connectivity index (χ1v) is 4.89. The van der Waals surface area contributed by atoms with E-state index < -0.39 is 4.92 Å². The van der Waals surface area contributed by atoms with Crippen LogP contribution in [0.3, 0.4) is 0 Å². The summed E-state index contributed by atoms with van der Waals surface area (Å²) in [7, 11) is 3.18. The van der Waals surface area contributed by atoms with Gasteiger partial charge in [0.1, 0.15) is 4.47 Å². The summed E-state index contributed by atoms with van der Waals surface area (Å²) < 4.78 is 0.216. The number of nitro benzene ring substituents is 1. The Morgan fingerprint density at radius 1 is 1.47 bits per heavy atom. The molecule has 15 heavy (non-hydrogen) atoms. The second kappa shape index (κ2) is 4.39. The van der Waals surface area contributed by atoms with E-state index in [1.54, 1.807) is 20.2 Å². The van der Waals surface area contributed by atoms with Gasteiger partial charge < -0.3 is 4.90 Å². The van der Waals surface area contributed by atoms with Crippen molar-refractivity contribution in [2.24, 2.45) is 0 Å². The Kier molecular flexibility index (Phi) is 3.41. The van der Waals surface area contributed by atoms with E-state index in [4.69, 9.17) is 0 Å². The van der Waals surface area contributed by atoms with Gasteiger partial charge in [0.25, 0.3) is 11.6 Å². The van der Waals surface area contributed by atoms with Crippen molar-refractivity contribution < 1.29 is 9.72 Å². The summed E-state index contributed by atoms with van der Waals surface area (Å²) in [6.45, 7) is 0. The molecule has 0 atom stereocenters. The lowest BCUT2D eigenvalue weighted by Gasteiger charge is -2.11. The smallest absolute Gasteiger partial charge is 0.284 e. The number of nitrogens with zero attached hydrogens (tertiary/aromatic N) is 2. The first-order valence-electron chi connectivity index (χ1n) is 4.09. The highest BCUT2D eigenvalue weighted by atomic mass is 79.9. The van der Waals surface area contributed by atoms with Gasteiger partial charge in [-0.15, -0.1) is 0 Å². The predicted molar refractivity (Wildman–Crippen MR) is 58.8 cm³/mol. The van der Waals surface area contributed by atoms with E-state index in [2.05, 4.69) is 15.9 Å². The number of nitro groups is 1. The van der Waals surface area contributed by atoms with Gasteiger partial charge >= 0.3 is 0 Å². The van der Waals surface area contributed by atoms with Crippen LogP contribution in [0.15, 0.2) is 22.7 Å². The summed E-state index contributed by atoms with van der Waals surface area (Å²) >= 11 is 3.06. The lowest BCUT2D eigenvalue weighted by Crippen LogP contribution is -2.22. The molecule has 0 heterocycles. The van der Waals surface area contributed by atoms with Crippen LogP contribution in [-0.2, 0) is 0 Å². The van der Waals surface area contributed by atoms with Crippen LogP contribution in [-0.4, -0.2) is 29.8 Å². The fourth-order valence-corrected chi connectivity index (χ4v) is 1.65. The summed E-state index contributed by atoms with van der Waals surface area (Å²) in [5.74, 6) is -0.273. The van der Waals surface area contributed by atoms with E-state index in [1.807, 2.05) is 0 Å². The molecule has 0 saturated carbocycles. The topological polar surface area (TPSA) is 63.5 Å². The molecule has 1 rings (SSSR count). The van der Waals surface area contributed by atoms with Gasteiger partial charge in [0.05, 0.1) is 10.5 Å². The summed E-state index contributed by atoms with van der Waals surface area (Å²) in [5.41, 5.74) is 0.178. The molecule has 0 aliphatic carbocycles. The largest absolute Gasteiger partial charge is 0.345 e. The maximum Gasteiger partial charge on any atom is 0.284 e. The molecular weight excluding hydrogens is 264 g/mol. The van der Waals surface area contributed by atoms with Crippen LogP contribution in [0.5, 0.6) is 0 Å². The van der Waals surface area contributed by atoms with Crippen LogP contribution in [0.4, 0.5) is 5.69 Å². The molecule has 0 aromatic heterocycles. The van der Waals surface area contributed by atoms with Crippen molar-refractivity contribution in [1.82, 2.24) is 4.90 Å². The Morgan fingerprint density at radius 2 is 2.07 bits per heavy atom. The first-order chi connectivity index (χ1) is 6.95. The van der Waals surface area contributed by atoms with Crippen molar-refractivity contribution in [1.29, 1.82) is 0 Å². The Bertz CT molecular complexity index is 418. The van der Waals surface area contributed by atoms with Crippen molar-refractivity contribution in [3.63, 3.8) is 0 Å². The molecule has 0 saturated heterocycles. The predicted octanol–water partition coefficient (Wildman–Crippen LogP) is 2.06. The molecule has 0 spiro atoms. The molecule has 1 aromatic rings. The van der Waals surface area contributed by atoms with Gasteiger partial charge in [0.15, 0.2) is 0 Å². The standard InChI is InChI=1S/C9H9BrN2O3/c1-11(2)9(13)6-4-3-5-7(8(6)10)12(14)15/h3-5H,1-2H3. The number of benzene rings is 1. The highest BCUT2D eigenvalue weighted by Crippen LogP contribution is 2.28. The van der Waals surface area contributed by atoms with Crippen LogP contribution in [0.2, 0.25) is 0 Å². The Morgan fingerprint density at radius 3 is 2.53 bits per heavy atom. The van der Waals surface area contributed by atoms with Crippen molar-refractivity contribution >= 4 is 27.5 Å². The highest BCUT2D eigenvalue weighted by Gasteiger charge is 2.20. The lowest BCUT2D eigenvalue weighted by molar-refractivity contribution is -0.385. The Balaban J connectivity index is 3.27. The summed E-state index contributed by atoms with van der Waals surface area (Å²) in [5, 5.41) is 10.6. The number of amides is 1. The molecule has 0 aliphatic heterocycles. The number of carbonyl (C=O) groups is 1. The third-order valence-electron chi connectivity index (χ3n) is 1.81. The molecule has 0 N–H and O–H groups in total. The molecule has 0 unspecified atom stereocenters. The molecule has 0 fully saturated rings. The maximum atomic E-state index is 11.6. The molecule has 1 aromatic carbocycles. The zero-order chi connectivity index (χ0) is 11.6. The third kappa shape index (κ3) is 2.33. The van der Waals surface area contributed by atoms with E-state index >= 15 is 0 Å². The van der Waals surface area contributed by atoms with Crippen molar-refractivity contribution in [3.8, 4) is 0 Å². The molecule has 0 aliphatic rings. The van der Waals surface area contributed by atoms with Crippen LogP contribution in [0.1, 0.15) is 10.4 Å². The van der Waals surface area contributed by atoms with Crippen molar-refractivity contribution in [3.05, 3.63) is 38.3 Å². The minimum atomic E-state index is -0.531. The van der Waals surface area contributed by atoms with E-state index in [0.29, 0.717) is 0 Å². The van der Waals surface area contributed by atoms with Gasteiger partial charge in [-0.3, -0.25) is 14.9 Å². The Labute approximate surface area is 95.0 Å². The summed E-state index contributed by atoms with van der Waals surface area (Å²) in [6.07, 6.45) is 0.